The van der Waals surface area contributed by atoms with E-state index in [9.17, 15) is 30.6 Å². The second kappa shape index (κ2) is 7.85. The van der Waals surface area contributed by atoms with Gasteiger partial charge in [0.1, 0.15) is 49.3 Å². The van der Waals surface area contributed by atoms with Gasteiger partial charge < -0.3 is 54.7 Å². The van der Waals surface area contributed by atoms with Gasteiger partial charge in [-0.3, -0.25) is 0 Å². The monoisotopic (exact) mass is 356 g/mol. The minimum absolute atomic E-state index is 0.123. The van der Waals surface area contributed by atoms with E-state index in [4.69, 9.17) is 24.1 Å². The second-order valence-electron chi connectivity index (χ2n) is 5.83. The number of aliphatic hydroxyl groups is 7. The molecule has 24 heavy (non-hydrogen) atoms. The van der Waals surface area contributed by atoms with Gasteiger partial charge in [0.15, 0.2) is 6.29 Å². The Morgan fingerprint density at radius 1 is 0.917 bits per heavy atom. The smallest absolute Gasteiger partial charge is 0.224 e. The van der Waals surface area contributed by atoms with E-state index in [0.29, 0.717) is 0 Å². The summed E-state index contributed by atoms with van der Waals surface area (Å²) in [4.78, 5) is 0. The molecule has 0 unspecified atom stereocenters. The van der Waals surface area contributed by atoms with Crippen molar-refractivity contribution in [1.29, 1.82) is 0 Å². The van der Waals surface area contributed by atoms with Gasteiger partial charge in [-0.05, 0) is 0 Å². The molecule has 2 aliphatic heterocycles. The van der Waals surface area contributed by atoms with Crippen molar-refractivity contribution in [2.75, 3.05) is 26.9 Å². The molecule has 11 nitrogen and oxygen atoms in total. The number of methoxy groups -OCH3 is 1. The fourth-order valence-corrected chi connectivity index (χ4v) is 2.78. The summed E-state index contributed by atoms with van der Waals surface area (Å²) in [5.74, 6) is -2.18. The van der Waals surface area contributed by atoms with Crippen LogP contribution < -0.4 is 0 Å². The maximum atomic E-state index is 10.1. The molecule has 0 saturated carbocycles. The molecule has 2 heterocycles. The van der Waals surface area contributed by atoms with Crippen LogP contribution in [0.1, 0.15) is 0 Å². The van der Waals surface area contributed by atoms with Crippen molar-refractivity contribution in [2.24, 2.45) is 0 Å². The first-order valence-electron chi connectivity index (χ1n) is 7.43. The lowest BCUT2D eigenvalue weighted by molar-refractivity contribution is -0.383. The van der Waals surface area contributed by atoms with E-state index in [1.54, 1.807) is 0 Å². The topological polar surface area (TPSA) is 179 Å². The number of hydrogen-bond donors (Lipinski definition) is 7. The zero-order valence-electron chi connectivity index (χ0n) is 13.0. The first-order valence-corrected chi connectivity index (χ1v) is 7.43. The van der Waals surface area contributed by atoms with Crippen LogP contribution in [0, 0.1) is 0 Å². The molecule has 0 aromatic carbocycles. The highest BCUT2D eigenvalue weighted by Crippen LogP contribution is 2.35. The Bertz CT molecular complexity index is 409. The molecule has 2 aliphatic rings. The minimum Gasteiger partial charge on any atom is -0.394 e. The van der Waals surface area contributed by atoms with Gasteiger partial charge in [0, 0.05) is 7.11 Å². The van der Waals surface area contributed by atoms with E-state index in [1.165, 1.54) is 7.11 Å². The molecular weight excluding hydrogens is 332 g/mol. The molecule has 2 rings (SSSR count). The Hall–Kier alpha value is -0.440. The number of hydrogen-bond acceptors (Lipinski definition) is 11. The fourth-order valence-electron chi connectivity index (χ4n) is 2.78. The molecule has 0 spiro atoms. The Morgan fingerprint density at radius 2 is 1.58 bits per heavy atom. The summed E-state index contributed by atoms with van der Waals surface area (Å²) in [6.07, 6.45) is -12.0. The minimum atomic E-state index is -2.18. The third-order valence-corrected chi connectivity index (χ3v) is 4.22. The summed E-state index contributed by atoms with van der Waals surface area (Å²) in [5, 5.41) is 68.3. The van der Waals surface area contributed by atoms with Gasteiger partial charge in [-0.1, -0.05) is 0 Å². The lowest BCUT2D eigenvalue weighted by Crippen LogP contribution is -2.62. The van der Waals surface area contributed by atoms with Crippen molar-refractivity contribution >= 4 is 0 Å². The van der Waals surface area contributed by atoms with Crippen LogP contribution in [-0.4, -0.2) is 117 Å². The van der Waals surface area contributed by atoms with Crippen LogP contribution >= 0.6 is 0 Å². The molecule has 0 aromatic rings. The lowest BCUT2D eigenvalue weighted by Gasteiger charge is -2.43. The van der Waals surface area contributed by atoms with E-state index in [-0.39, 0.29) is 6.61 Å². The summed E-state index contributed by atoms with van der Waals surface area (Å²) < 4.78 is 20.7. The van der Waals surface area contributed by atoms with Crippen LogP contribution in [0.4, 0.5) is 0 Å². The average molecular weight is 356 g/mol. The summed E-state index contributed by atoms with van der Waals surface area (Å²) in [6.45, 7) is -1.70. The van der Waals surface area contributed by atoms with Crippen molar-refractivity contribution in [1.82, 2.24) is 0 Å². The van der Waals surface area contributed by atoms with E-state index in [0.717, 1.165) is 0 Å². The predicted molar refractivity (Wildman–Crippen MR) is 73.4 cm³/mol. The van der Waals surface area contributed by atoms with E-state index in [2.05, 4.69) is 0 Å². The zero-order valence-corrected chi connectivity index (χ0v) is 13.0. The summed E-state index contributed by atoms with van der Waals surface area (Å²) in [5.41, 5.74) is 0. The summed E-state index contributed by atoms with van der Waals surface area (Å²) in [7, 11) is 1.34. The highest BCUT2D eigenvalue weighted by Gasteiger charge is 2.58. The predicted octanol–water partition coefficient (Wildman–Crippen LogP) is -4.74. The van der Waals surface area contributed by atoms with Crippen molar-refractivity contribution in [3.8, 4) is 0 Å². The summed E-state index contributed by atoms with van der Waals surface area (Å²) in [6, 6.07) is 0. The fraction of sp³-hybridized carbons (Fsp3) is 1.00. The maximum Gasteiger partial charge on any atom is 0.224 e. The van der Waals surface area contributed by atoms with Crippen LogP contribution in [0.3, 0.4) is 0 Å². The normalized spacial score (nSPS) is 49.5. The SMILES string of the molecule is COC[C@H]1O[C@H](O[C@]2(CO)O[C@H](CO)[C@@H](O)[C@@H]2O)[C@H](O)[C@@H](O)[C@@H]1O. The summed E-state index contributed by atoms with van der Waals surface area (Å²) >= 11 is 0. The molecule has 7 N–H and O–H groups in total. The number of aliphatic hydroxyl groups excluding tert-OH is 7. The van der Waals surface area contributed by atoms with Gasteiger partial charge in [0.2, 0.25) is 5.79 Å². The largest absolute Gasteiger partial charge is 0.394 e. The molecule has 0 amide bonds. The molecule has 0 bridgehead atoms. The van der Waals surface area contributed by atoms with Crippen LogP contribution in [-0.2, 0) is 18.9 Å². The average Bonchev–Trinajstić information content (AvgIpc) is 2.82. The van der Waals surface area contributed by atoms with E-state index >= 15 is 0 Å². The zero-order chi connectivity index (χ0) is 18.1. The highest BCUT2D eigenvalue weighted by molar-refractivity contribution is 4.98. The van der Waals surface area contributed by atoms with Gasteiger partial charge in [-0.2, -0.15) is 0 Å². The molecule has 0 radical (unpaired) electrons. The van der Waals surface area contributed by atoms with Crippen molar-refractivity contribution in [3.05, 3.63) is 0 Å². The van der Waals surface area contributed by atoms with Gasteiger partial charge in [-0.15, -0.1) is 0 Å². The first-order chi connectivity index (χ1) is 11.3. The van der Waals surface area contributed by atoms with E-state index in [1.807, 2.05) is 0 Å². The molecule has 2 saturated heterocycles. The Labute approximate surface area is 137 Å². The van der Waals surface area contributed by atoms with Crippen molar-refractivity contribution in [2.45, 2.75) is 54.8 Å². The third-order valence-electron chi connectivity index (χ3n) is 4.22. The molecule has 2 fully saturated rings. The Balaban J connectivity index is 2.17. The van der Waals surface area contributed by atoms with Gasteiger partial charge in [0.05, 0.1) is 13.2 Å². The standard InChI is InChI=1S/C13H24O11/c1-21-3-6-7(16)9(18)10(19)12(22-6)24-13(4-15)11(20)8(17)5(2-14)23-13/h5-12,14-20H,2-4H2,1H3/t5-,6-,7-,8-,9+,10-,11+,12-,13+/m1/s1. The van der Waals surface area contributed by atoms with Crippen LogP contribution in [0.15, 0.2) is 0 Å². The quantitative estimate of drug-likeness (QED) is 0.243. The molecule has 9 atom stereocenters. The number of ether oxygens (including phenoxy) is 4. The van der Waals surface area contributed by atoms with E-state index < -0.39 is 68.0 Å². The van der Waals surface area contributed by atoms with Crippen molar-refractivity contribution in [3.63, 3.8) is 0 Å². The highest BCUT2D eigenvalue weighted by atomic mass is 16.8. The number of rotatable bonds is 6. The van der Waals surface area contributed by atoms with Gasteiger partial charge in [-0.25, -0.2) is 0 Å². The van der Waals surface area contributed by atoms with Crippen LogP contribution in [0.2, 0.25) is 0 Å². The van der Waals surface area contributed by atoms with Gasteiger partial charge >= 0.3 is 0 Å². The maximum absolute atomic E-state index is 10.1. The molecule has 142 valence electrons. The lowest BCUT2D eigenvalue weighted by atomic mass is 9.99. The Kier molecular flexibility index (Phi) is 6.50. The van der Waals surface area contributed by atoms with Crippen LogP contribution in [0.5, 0.6) is 0 Å². The molecule has 0 aliphatic carbocycles. The van der Waals surface area contributed by atoms with Crippen LogP contribution in [0.25, 0.3) is 0 Å². The van der Waals surface area contributed by atoms with Crippen molar-refractivity contribution < 1.29 is 54.7 Å². The molecular formula is C13H24O11. The van der Waals surface area contributed by atoms with Gasteiger partial charge in [0.25, 0.3) is 0 Å². The second-order valence-corrected chi connectivity index (χ2v) is 5.83. The Morgan fingerprint density at radius 3 is 2.08 bits per heavy atom. The first kappa shape index (κ1) is 19.9. The third kappa shape index (κ3) is 3.43. The molecule has 11 heteroatoms. The molecule has 0 aromatic heterocycles.